The van der Waals surface area contributed by atoms with E-state index in [0.29, 0.717) is 5.75 Å². The average Bonchev–Trinajstić information content (AvgIpc) is 2.39. The first-order chi connectivity index (χ1) is 8.61. The van der Waals surface area contributed by atoms with Crippen molar-refractivity contribution in [1.29, 1.82) is 0 Å². The summed E-state index contributed by atoms with van der Waals surface area (Å²) in [5.41, 5.74) is 2.20. The van der Waals surface area contributed by atoms with Gasteiger partial charge in [0.2, 0.25) is 0 Å². The summed E-state index contributed by atoms with van der Waals surface area (Å²) in [5, 5.41) is 11.0. The van der Waals surface area contributed by atoms with Crippen molar-refractivity contribution in [2.24, 2.45) is 0 Å². The molecule has 3 heteroatoms. The molecule has 2 aromatic rings. The van der Waals surface area contributed by atoms with E-state index >= 15 is 0 Å². The summed E-state index contributed by atoms with van der Waals surface area (Å²) in [6.45, 7) is 4.64. The fourth-order valence-electron chi connectivity index (χ4n) is 1.92. The minimum atomic E-state index is -0.732. The Balaban J connectivity index is 2.36. The number of phenols is 1. The molecule has 2 aromatic carbocycles. The third-order valence-corrected chi connectivity index (χ3v) is 4.81. The molecule has 0 amide bonds. The van der Waals surface area contributed by atoms with E-state index < -0.39 is 8.80 Å². The lowest BCUT2D eigenvalue weighted by Crippen LogP contribution is -2.21. The Labute approximate surface area is 109 Å². The quantitative estimate of drug-likeness (QED) is 0.858. The predicted octanol–water partition coefficient (Wildman–Crippen LogP) is 2.76. The summed E-state index contributed by atoms with van der Waals surface area (Å²) in [7, 11) is 0.830. The summed E-state index contributed by atoms with van der Waals surface area (Å²) in [6.07, 6.45) is 0. The fourth-order valence-corrected chi connectivity index (χ4v) is 2.88. The van der Waals surface area contributed by atoms with E-state index in [9.17, 15) is 5.11 Å². The van der Waals surface area contributed by atoms with E-state index in [-0.39, 0.29) is 5.75 Å². The monoisotopic (exact) mass is 258 g/mol. The molecular weight excluding hydrogens is 240 g/mol. The molecule has 0 radical (unpaired) electrons. The number of hydrogen-bond donors (Lipinski definition) is 1. The first-order valence-electron chi connectivity index (χ1n) is 6.09. The predicted molar refractivity (Wildman–Crippen MR) is 78.6 cm³/mol. The van der Waals surface area contributed by atoms with Gasteiger partial charge in [-0.3, -0.25) is 0 Å². The van der Waals surface area contributed by atoms with Gasteiger partial charge >= 0.3 is 0 Å². The van der Waals surface area contributed by atoms with Crippen LogP contribution in [0.4, 0.5) is 0 Å². The van der Waals surface area contributed by atoms with Crippen molar-refractivity contribution in [3.05, 3.63) is 42.5 Å². The molecule has 0 atom stereocenters. The highest BCUT2D eigenvalue weighted by Crippen LogP contribution is 2.31. The highest BCUT2D eigenvalue weighted by Gasteiger charge is 2.05. The third kappa shape index (κ3) is 2.56. The molecule has 0 spiro atoms. The number of benzene rings is 2. The zero-order chi connectivity index (χ0) is 13.1. The van der Waals surface area contributed by atoms with Gasteiger partial charge in [-0.05, 0) is 23.3 Å². The number of phenolic OH excluding ortho intramolecular Hbond substituents is 1. The smallest absolute Gasteiger partial charge is 0.161 e. The molecular formula is C15H18O2Si. The Hall–Kier alpha value is -1.74. The fraction of sp³-hybridized carbons (Fsp3) is 0.200. The lowest BCUT2D eigenvalue weighted by atomic mass is 10.1. The van der Waals surface area contributed by atoms with Crippen molar-refractivity contribution < 1.29 is 9.84 Å². The second-order valence-corrected chi connectivity index (χ2v) is 7.64. The van der Waals surface area contributed by atoms with E-state index in [1.807, 2.05) is 12.1 Å². The van der Waals surface area contributed by atoms with Crippen molar-refractivity contribution in [3.63, 3.8) is 0 Å². The van der Waals surface area contributed by atoms with Crippen molar-refractivity contribution in [3.8, 4) is 22.6 Å². The molecule has 0 aliphatic rings. The maximum atomic E-state index is 9.58. The minimum absolute atomic E-state index is 0.174. The number of hydrogen-bond acceptors (Lipinski definition) is 2. The van der Waals surface area contributed by atoms with Crippen molar-refractivity contribution >= 4 is 14.0 Å². The topological polar surface area (TPSA) is 29.5 Å². The largest absolute Gasteiger partial charge is 0.504 e. The molecule has 0 saturated carbocycles. The van der Waals surface area contributed by atoms with Crippen LogP contribution in [-0.4, -0.2) is 21.0 Å². The third-order valence-electron chi connectivity index (χ3n) is 3.09. The number of methoxy groups -OCH3 is 1. The van der Waals surface area contributed by atoms with Crippen LogP contribution >= 0.6 is 0 Å². The van der Waals surface area contributed by atoms with E-state index in [4.69, 9.17) is 4.74 Å². The van der Waals surface area contributed by atoms with Gasteiger partial charge in [0.15, 0.2) is 11.5 Å². The molecule has 1 N–H and O–H groups in total. The Morgan fingerprint density at radius 2 is 1.56 bits per heavy atom. The SMILES string of the molecule is COc1cc(-c2ccc([SiH](C)C)cc2)ccc1O. The maximum Gasteiger partial charge on any atom is 0.161 e. The highest BCUT2D eigenvalue weighted by molar-refractivity contribution is 6.70. The van der Waals surface area contributed by atoms with Gasteiger partial charge in [0.25, 0.3) is 0 Å². The van der Waals surface area contributed by atoms with Gasteiger partial charge in [0, 0.05) is 0 Å². The first-order valence-corrected chi connectivity index (χ1v) is 8.98. The van der Waals surface area contributed by atoms with Gasteiger partial charge in [-0.1, -0.05) is 48.6 Å². The van der Waals surface area contributed by atoms with Gasteiger partial charge in [-0.2, -0.15) is 0 Å². The van der Waals surface area contributed by atoms with Gasteiger partial charge in [0.05, 0.1) is 15.9 Å². The molecule has 94 valence electrons. The normalized spacial score (nSPS) is 10.7. The summed E-state index contributed by atoms with van der Waals surface area (Å²) >= 11 is 0. The lowest BCUT2D eigenvalue weighted by Gasteiger charge is -2.08. The molecule has 0 saturated heterocycles. The highest BCUT2D eigenvalue weighted by atomic mass is 28.3. The van der Waals surface area contributed by atoms with Gasteiger partial charge < -0.3 is 9.84 Å². The number of ether oxygens (including phenoxy) is 1. The van der Waals surface area contributed by atoms with Crippen LogP contribution in [0.25, 0.3) is 11.1 Å². The molecule has 0 aliphatic carbocycles. The van der Waals surface area contributed by atoms with Crippen LogP contribution in [0.1, 0.15) is 0 Å². The second kappa shape index (κ2) is 5.27. The van der Waals surface area contributed by atoms with Crippen molar-refractivity contribution in [2.45, 2.75) is 13.1 Å². The standard InChI is InChI=1S/C15H18O2Si/c1-17-15-10-12(6-9-14(15)16)11-4-7-13(8-5-11)18(2)3/h4-10,16,18H,1-3H3. The van der Waals surface area contributed by atoms with Crippen molar-refractivity contribution in [2.75, 3.05) is 7.11 Å². The van der Waals surface area contributed by atoms with Gasteiger partial charge in [-0.15, -0.1) is 0 Å². The van der Waals surface area contributed by atoms with Crippen LogP contribution < -0.4 is 9.92 Å². The van der Waals surface area contributed by atoms with Crippen LogP contribution in [0, 0.1) is 0 Å². The van der Waals surface area contributed by atoms with Crippen LogP contribution in [0.3, 0.4) is 0 Å². The molecule has 0 aliphatic heterocycles. The zero-order valence-electron chi connectivity index (χ0n) is 11.0. The summed E-state index contributed by atoms with van der Waals surface area (Å²) < 4.78 is 5.13. The zero-order valence-corrected chi connectivity index (χ0v) is 12.1. The van der Waals surface area contributed by atoms with E-state index in [1.165, 1.54) is 5.19 Å². The van der Waals surface area contributed by atoms with Crippen LogP contribution in [-0.2, 0) is 0 Å². The molecule has 0 unspecified atom stereocenters. The summed E-state index contributed by atoms with van der Waals surface area (Å²) in [5.74, 6) is 0.683. The van der Waals surface area contributed by atoms with Crippen LogP contribution in [0.5, 0.6) is 11.5 Å². The van der Waals surface area contributed by atoms with E-state index in [0.717, 1.165) is 11.1 Å². The van der Waals surface area contributed by atoms with E-state index in [1.54, 1.807) is 13.2 Å². The maximum absolute atomic E-state index is 9.58. The molecule has 18 heavy (non-hydrogen) atoms. The van der Waals surface area contributed by atoms with Crippen LogP contribution in [0.2, 0.25) is 13.1 Å². The van der Waals surface area contributed by atoms with Gasteiger partial charge in [0.1, 0.15) is 0 Å². The molecule has 2 nitrogen and oxygen atoms in total. The molecule has 2 rings (SSSR count). The Kier molecular flexibility index (Phi) is 3.72. The van der Waals surface area contributed by atoms with Crippen molar-refractivity contribution in [1.82, 2.24) is 0 Å². The number of rotatable bonds is 3. The summed E-state index contributed by atoms with van der Waals surface area (Å²) in [6, 6.07) is 14.1. The number of aromatic hydroxyl groups is 1. The Bertz CT molecular complexity index is 533. The first kappa shape index (κ1) is 12.7. The molecule has 0 aromatic heterocycles. The second-order valence-electron chi connectivity index (χ2n) is 4.66. The van der Waals surface area contributed by atoms with Gasteiger partial charge in [-0.25, -0.2) is 0 Å². The molecule has 0 bridgehead atoms. The Morgan fingerprint density at radius 1 is 0.944 bits per heavy atom. The minimum Gasteiger partial charge on any atom is -0.504 e. The molecule has 0 fully saturated rings. The average molecular weight is 258 g/mol. The lowest BCUT2D eigenvalue weighted by molar-refractivity contribution is 0.373. The van der Waals surface area contributed by atoms with Crippen LogP contribution in [0.15, 0.2) is 42.5 Å². The molecule has 0 heterocycles. The summed E-state index contributed by atoms with van der Waals surface area (Å²) in [4.78, 5) is 0. The Morgan fingerprint density at radius 3 is 2.11 bits per heavy atom. The van der Waals surface area contributed by atoms with E-state index in [2.05, 4.69) is 37.4 Å².